The lowest BCUT2D eigenvalue weighted by molar-refractivity contribution is 0.618. The van der Waals surface area contributed by atoms with Crippen molar-refractivity contribution in [3.05, 3.63) is 83.8 Å². The quantitative estimate of drug-likeness (QED) is 0.422. The van der Waals surface area contributed by atoms with E-state index in [0.717, 1.165) is 16.6 Å². The van der Waals surface area contributed by atoms with Gasteiger partial charge in [0.1, 0.15) is 5.82 Å². The number of hydrazone groups is 1. The molecule has 4 aromatic rings. The highest BCUT2D eigenvalue weighted by Crippen LogP contribution is 2.24. The summed E-state index contributed by atoms with van der Waals surface area (Å²) in [5.74, 6) is -0.351. The average Bonchev–Trinajstić information content (AvgIpc) is 3.16. The minimum Gasteiger partial charge on any atom is -0.303 e. The largest absolute Gasteiger partial charge is 0.303 e. The maximum atomic E-state index is 14.3. The molecule has 0 unspecified atom stereocenters. The van der Waals surface area contributed by atoms with E-state index in [-0.39, 0.29) is 5.82 Å². The van der Waals surface area contributed by atoms with Gasteiger partial charge in [-0.3, -0.25) is 10.4 Å². The number of nitrogens with zero attached hydrogens (tertiary/aromatic N) is 4. The van der Waals surface area contributed by atoms with Gasteiger partial charge in [0.15, 0.2) is 0 Å². The summed E-state index contributed by atoms with van der Waals surface area (Å²) in [6.45, 7) is 0. The molecule has 0 fully saturated rings. The molecule has 0 spiro atoms. The Kier molecular flexibility index (Phi) is 4.33. The van der Waals surface area contributed by atoms with Gasteiger partial charge in [0.05, 0.1) is 29.4 Å². The van der Waals surface area contributed by atoms with Crippen molar-refractivity contribution in [1.82, 2.24) is 14.5 Å². The van der Waals surface area contributed by atoms with Crippen LogP contribution in [0, 0.1) is 5.82 Å². The molecule has 26 heavy (non-hydrogen) atoms. The van der Waals surface area contributed by atoms with Gasteiger partial charge < -0.3 is 4.57 Å². The van der Waals surface area contributed by atoms with E-state index in [1.807, 2.05) is 12.1 Å². The topological polar surface area (TPSA) is 55.1 Å². The number of hydrogen-bond donors (Lipinski definition) is 1. The van der Waals surface area contributed by atoms with Crippen LogP contribution in [0.15, 0.2) is 72.5 Å². The fourth-order valence-corrected chi connectivity index (χ4v) is 2.78. The number of hydrogen-bond acceptors (Lipinski definition) is 4. The van der Waals surface area contributed by atoms with E-state index in [1.54, 1.807) is 60.0 Å². The number of anilines is 1. The van der Waals surface area contributed by atoms with Crippen LogP contribution in [0.2, 0.25) is 5.02 Å². The summed E-state index contributed by atoms with van der Waals surface area (Å²) >= 11 is 5.99. The highest BCUT2D eigenvalue weighted by atomic mass is 35.5. The van der Waals surface area contributed by atoms with E-state index in [0.29, 0.717) is 16.3 Å². The lowest BCUT2D eigenvalue weighted by Gasteiger charge is -2.06. The number of pyridine rings is 1. The molecule has 0 aliphatic rings. The predicted octanol–water partition coefficient (Wildman–Crippen LogP) is 4.66. The molecule has 0 aliphatic heterocycles. The minimum atomic E-state index is -0.351. The van der Waals surface area contributed by atoms with Crippen LogP contribution in [0.3, 0.4) is 0 Å². The van der Waals surface area contributed by atoms with Gasteiger partial charge in [0.2, 0.25) is 0 Å². The number of imidazole rings is 1. The average molecular weight is 366 g/mol. The summed E-state index contributed by atoms with van der Waals surface area (Å²) in [7, 11) is 0. The van der Waals surface area contributed by atoms with Crippen molar-refractivity contribution >= 4 is 34.4 Å². The van der Waals surface area contributed by atoms with Gasteiger partial charge in [-0.2, -0.15) is 5.10 Å². The van der Waals surface area contributed by atoms with Crippen LogP contribution >= 0.6 is 11.6 Å². The number of fused-ring (bicyclic) bond motifs is 1. The smallest absolute Gasteiger partial charge is 0.147 e. The zero-order chi connectivity index (χ0) is 17.9. The van der Waals surface area contributed by atoms with E-state index < -0.39 is 0 Å². The maximum absolute atomic E-state index is 14.3. The van der Waals surface area contributed by atoms with Crippen LogP contribution in [0.1, 0.15) is 5.56 Å². The van der Waals surface area contributed by atoms with Crippen LogP contribution < -0.4 is 5.43 Å². The molecule has 1 N–H and O–H groups in total. The molecule has 7 heteroatoms. The maximum Gasteiger partial charge on any atom is 0.147 e. The van der Waals surface area contributed by atoms with E-state index >= 15 is 0 Å². The molecule has 0 radical (unpaired) electrons. The molecule has 0 bridgehead atoms. The normalized spacial score (nSPS) is 11.3. The monoisotopic (exact) mass is 365 g/mol. The van der Waals surface area contributed by atoms with Crippen molar-refractivity contribution in [2.75, 3.05) is 5.43 Å². The lowest BCUT2D eigenvalue weighted by Crippen LogP contribution is -1.97. The molecule has 0 amide bonds. The molecule has 2 aromatic carbocycles. The Bertz CT molecular complexity index is 1090. The van der Waals surface area contributed by atoms with Crippen molar-refractivity contribution in [1.29, 1.82) is 0 Å². The highest BCUT2D eigenvalue weighted by Gasteiger charge is 2.05. The van der Waals surface area contributed by atoms with Gasteiger partial charge in [0, 0.05) is 29.0 Å². The Morgan fingerprint density at radius 1 is 1.12 bits per heavy atom. The van der Waals surface area contributed by atoms with E-state index in [2.05, 4.69) is 20.5 Å². The fourth-order valence-electron chi connectivity index (χ4n) is 2.61. The summed E-state index contributed by atoms with van der Waals surface area (Å²) in [6, 6.07) is 12.2. The summed E-state index contributed by atoms with van der Waals surface area (Å²) < 4.78 is 15.9. The molecule has 128 valence electrons. The third-order valence-electron chi connectivity index (χ3n) is 3.86. The second kappa shape index (κ2) is 6.93. The van der Waals surface area contributed by atoms with E-state index in [9.17, 15) is 4.39 Å². The second-order valence-electron chi connectivity index (χ2n) is 5.57. The first-order valence-electron chi connectivity index (χ1n) is 7.82. The molecule has 0 saturated carbocycles. The number of halogens is 2. The fraction of sp³-hybridized carbons (Fsp3) is 0. The minimum absolute atomic E-state index is 0.351. The first kappa shape index (κ1) is 16.2. The molecule has 4 rings (SSSR count). The van der Waals surface area contributed by atoms with E-state index in [1.165, 1.54) is 6.07 Å². The number of rotatable bonds is 4. The molecule has 0 atom stereocenters. The summed E-state index contributed by atoms with van der Waals surface area (Å²) in [5, 5.41) is 5.72. The molecular weight excluding hydrogens is 353 g/mol. The third kappa shape index (κ3) is 3.27. The molecule has 0 saturated heterocycles. The summed E-state index contributed by atoms with van der Waals surface area (Å²) in [4.78, 5) is 8.20. The van der Waals surface area contributed by atoms with Gasteiger partial charge in [-0.25, -0.2) is 9.37 Å². The molecule has 0 aliphatic carbocycles. The Hall–Kier alpha value is -3.25. The van der Waals surface area contributed by atoms with Gasteiger partial charge >= 0.3 is 0 Å². The second-order valence-corrected chi connectivity index (χ2v) is 6.01. The first-order chi connectivity index (χ1) is 12.7. The van der Waals surface area contributed by atoms with Crippen molar-refractivity contribution in [3.8, 4) is 5.69 Å². The molecule has 5 nitrogen and oxygen atoms in total. The van der Waals surface area contributed by atoms with Crippen molar-refractivity contribution in [2.45, 2.75) is 0 Å². The number of nitrogens with one attached hydrogen (secondary N) is 1. The molecular formula is C19H13ClFN5. The van der Waals surface area contributed by atoms with Gasteiger partial charge in [-0.15, -0.1) is 0 Å². The van der Waals surface area contributed by atoms with Crippen LogP contribution in [-0.4, -0.2) is 20.7 Å². The van der Waals surface area contributed by atoms with Crippen molar-refractivity contribution in [2.24, 2.45) is 5.10 Å². The Morgan fingerprint density at radius 3 is 2.85 bits per heavy atom. The molecule has 2 heterocycles. The van der Waals surface area contributed by atoms with Crippen molar-refractivity contribution < 1.29 is 4.39 Å². The highest BCUT2D eigenvalue weighted by molar-refractivity contribution is 6.31. The van der Waals surface area contributed by atoms with Crippen LogP contribution in [0.4, 0.5) is 10.1 Å². The first-order valence-corrected chi connectivity index (χ1v) is 8.20. The Balaban J connectivity index is 1.55. The van der Waals surface area contributed by atoms with Crippen molar-refractivity contribution in [3.63, 3.8) is 0 Å². The Morgan fingerprint density at radius 2 is 2.04 bits per heavy atom. The summed E-state index contributed by atoms with van der Waals surface area (Å²) in [5.41, 5.74) is 5.60. The van der Waals surface area contributed by atoms with E-state index in [4.69, 9.17) is 11.6 Å². The van der Waals surface area contributed by atoms with Crippen LogP contribution in [0.5, 0.6) is 0 Å². The third-order valence-corrected chi connectivity index (χ3v) is 4.09. The standard InChI is InChI=1S/C19H13ClFN5/c20-14-2-3-15-17(5-6-23-18(15)10-14)25-24-11-13-1-4-19(16(21)9-13)26-8-7-22-12-26/h1-12H,(H,23,25)/b24-11+. The number of benzene rings is 2. The van der Waals surface area contributed by atoms with Crippen LogP contribution in [0.25, 0.3) is 16.6 Å². The van der Waals surface area contributed by atoms with Gasteiger partial charge in [-0.05, 0) is 42.0 Å². The van der Waals surface area contributed by atoms with Gasteiger partial charge in [0.25, 0.3) is 0 Å². The zero-order valence-corrected chi connectivity index (χ0v) is 14.2. The zero-order valence-electron chi connectivity index (χ0n) is 13.5. The van der Waals surface area contributed by atoms with Gasteiger partial charge in [-0.1, -0.05) is 17.7 Å². The summed E-state index contributed by atoms with van der Waals surface area (Å²) in [6.07, 6.45) is 8.08. The number of aromatic nitrogens is 3. The predicted molar refractivity (Wildman–Crippen MR) is 101 cm³/mol. The van der Waals surface area contributed by atoms with Crippen LogP contribution in [-0.2, 0) is 0 Å². The molecule has 2 aromatic heterocycles. The lowest BCUT2D eigenvalue weighted by atomic mass is 10.2. The SMILES string of the molecule is Fc1cc(/C=N/Nc2ccnc3cc(Cl)ccc23)ccc1-n1ccnc1. The Labute approximate surface area is 153 Å².